The summed E-state index contributed by atoms with van der Waals surface area (Å²) in [6.45, 7) is -0.518. The van der Waals surface area contributed by atoms with Crippen molar-refractivity contribution in [3.8, 4) is 23.0 Å². The predicted molar refractivity (Wildman–Crippen MR) is 137 cm³/mol. The third-order valence-corrected chi connectivity index (χ3v) is 6.26. The number of hydrogen-bond acceptors (Lipinski definition) is 9. The number of ether oxygens (including phenoxy) is 2. The molecule has 0 aliphatic heterocycles. The van der Waals surface area contributed by atoms with E-state index >= 15 is 0 Å². The van der Waals surface area contributed by atoms with Crippen LogP contribution in [0.1, 0.15) is 33.5 Å². The van der Waals surface area contributed by atoms with Gasteiger partial charge in [-0.3, -0.25) is 4.79 Å². The van der Waals surface area contributed by atoms with Crippen LogP contribution in [0.25, 0.3) is 33.3 Å². The molecule has 40 heavy (non-hydrogen) atoms. The normalized spacial score (nSPS) is 12.6. The maximum Gasteiger partial charge on any atom is 0.433 e. The number of alkyl halides is 3. The van der Waals surface area contributed by atoms with Gasteiger partial charge >= 0.3 is 6.18 Å². The molecular formula is C27H23F3N4O6. The molecule has 0 fully saturated rings. The molecule has 1 atom stereocenters. The second-order valence-electron chi connectivity index (χ2n) is 8.70. The van der Waals surface area contributed by atoms with Gasteiger partial charge in [0.2, 0.25) is 5.89 Å². The minimum atomic E-state index is -4.67. The van der Waals surface area contributed by atoms with Crippen LogP contribution in [0.3, 0.4) is 0 Å². The van der Waals surface area contributed by atoms with Gasteiger partial charge in [0.15, 0.2) is 11.5 Å². The van der Waals surface area contributed by atoms with Crippen molar-refractivity contribution in [3.63, 3.8) is 0 Å². The Balaban J connectivity index is 1.53. The molecule has 2 aromatic carbocycles. The van der Waals surface area contributed by atoms with E-state index in [4.69, 9.17) is 24.0 Å². The van der Waals surface area contributed by atoms with Gasteiger partial charge in [-0.15, -0.1) is 0 Å². The largest absolute Gasteiger partial charge is 0.496 e. The minimum absolute atomic E-state index is 0.0395. The first-order valence-electron chi connectivity index (χ1n) is 11.9. The van der Waals surface area contributed by atoms with E-state index in [2.05, 4.69) is 15.3 Å². The lowest BCUT2D eigenvalue weighted by Crippen LogP contribution is -2.26. The van der Waals surface area contributed by atoms with Crippen LogP contribution < -0.4 is 20.5 Å². The van der Waals surface area contributed by atoms with Gasteiger partial charge in [-0.1, -0.05) is 6.07 Å². The Bertz CT molecular complexity index is 1710. The summed E-state index contributed by atoms with van der Waals surface area (Å²) < 4.78 is 61.9. The average Bonchev–Trinajstić information content (AvgIpc) is 3.59. The Kier molecular flexibility index (Phi) is 7.08. The van der Waals surface area contributed by atoms with E-state index in [1.165, 1.54) is 38.7 Å². The fourth-order valence-corrected chi connectivity index (χ4v) is 4.32. The van der Waals surface area contributed by atoms with Crippen molar-refractivity contribution in [2.45, 2.75) is 18.8 Å². The molecule has 0 unspecified atom stereocenters. The Labute approximate surface area is 224 Å². The Morgan fingerprint density at radius 3 is 2.58 bits per heavy atom. The molecule has 0 saturated carbocycles. The highest BCUT2D eigenvalue weighted by Gasteiger charge is 2.33. The van der Waals surface area contributed by atoms with Gasteiger partial charge < -0.3 is 34.5 Å². The fraction of sp³-hybridized carbons (Fsp3) is 0.222. The van der Waals surface area contributed by atoms with Crippen molar-refractivity contribution in [1.82, 2.24) is 15.3 Å². The number of furan rings is 1. The van der Waals surface area contributed by atoms with Crippen molar-refractivity contribution in [2.24, 2.45) is 5.73 Å². The summed E-state index contributed by atoms with van der Waals surface area (Å²) in [5.74, 6) is -0.198. The number of amides is 1. The molecule has 5 rings (SSSR count). The monoisotopic (exact) mass is 556 g/mol. The van der Waals surface area contributed by atoms with E-state index in [1.807, 2.05) is 0 Å². The van der Waals surface area contributed by atoms with Crippen LogP contribution in [0, 0.1) is 0 Å². The Hall–Kier alpha value is -4.62. The molecule has 4 N–H and O–H groups in total. The third kappa shape index (κ3) is 4.80. The average molecular weight is 556 g/mol. The lowest BCUT2D eigenvalue weighted by molar-refractivity contribution is -0.140. The second kappa shape index (κ2) is 10.5. The molecule has 208 valence electrons. The van der Waals surface area contributed by atoms with E-state index in [0.717, 1.165) is 6.07 Å². The number of aliphatic hydroxyl groups excluding tert-OH is 1. The van der Waals surface area contributed by atoms with E-state index in [-0.39, 0.29) is 46.1 Å². The van der Waals surface area contributed by atoms with Crippen molar-refractivity contribution >= 4 is 27.8 Å². The van der Waals surface area contributed by atoms with Crippen molar-refractivity contribution < 1.29 is 41.4 Å². The van der Waals surface area contributed by atoms with Gasteiger partial charge in [0.1, 0.15) is 28.3 Å². The van der Waals surface area contributed by atoms with Crippen molar-refractivity contribution in [2.75, 3.05) is 20.8 Å². The number of pyridine rings is 1. The molecule has 3 heterocycles. The highest BCUT2D eigenvalue weighted by molar-refractivity contribution is 5.98. The first-order chi connectivity index (χ1) is 19.2. The predicted octanol–water partition coefficient (Wildman–Crippen LogP) is 4.59. The molecule has 0 bridgehead atoms. The molecule has 0 aliphatic carbocycles. The number of hydrogen-bond donors (Lipinski definition) is 3. The number of aromatic nitrogens is 2. The lowest BCUT2D eigenvalue weighted by Gasteiger charge is -2.11. The number of halogens is 3. The summed E-state index contributed by atoms with van der Waals surface area (Å²) in [6, 6.07) is 9.17. The highest BCUT2D eigenvalue weighted by Crippen LogP contribution is 2.37. The number of carbonyl (C=O) groups is 1. The standard InChI is InChI=1S/C27H23F3N4O6/c1-37-17-4-3-5-18-21(17)13(12-39-18)10-32-25(36)23-24(16(31)11-35)40-26(34-23)15-6-8-19(38-2)22-14(15)7-9-20(33-22)27(28,29)30/h3-9,12,16,35H,10-11,31H2,1-2H3,(H,32,36)/t16-/m0/s1. The highest BCUT2D eigenvalue weighted by atomic mass is 19.4. The summed E-state index contributed by atoms with van der Waals surface area (Å²) in [5, 5.41) is 13.3. The quantitative estimate of drug-likeness (QED) is 0.250. The molecule has 0 saturated heterocycles. The van der Waals surface area contributed by atoms with Crippen molar-refractivity contribution in [3.05, 3.63) is 71.4 Å². The number of nitrogens with one attached hydrogen (secondary N) is 1. The van der Waals surface area contributed by atoms with Crippen LogP contribution in [0.2, 0.25) is 0 Å². The Morgan fingerprint density at radius 2 is 1.88 bits per heavy atom. The number of rotatable bonds is 8. The first kappa shape index (κ1) is 27.0. The number of oxazole rings is 1. The van der Waals surface area contributed by atoms with Gasteiger partial charge in [0.05, 0.1) is 38.5 Å². The molecule has 1 amide bonds. The van der Waals surface area contributed by atoms with Gasteiger partial charge in [-0.25, -0.2) is 9.97 Å². The molecule has 5 aromatic rings. The molecule has 0 aliphatic rings. The van der Waals surface area contributed by atoms with Crippen LogP contribution >= 0.6 is 0 Å². The molecule has 13 heteroatoms. The van der Waals surface area contributed by atoms with Crippen molar-refractivity contribution in [1.29, 1.82) is 0 Å². The van der Waals surface area contributed by atoms with Crippen LogP contribution in [-0.4, -0.2) is 41.8 Å². The van der Waals surface area contributed by atoms with E-state index in [1.54, 1.807) is 18.2 Å². The smallest absolute Gasteiger partial charge is 0.433 e. The van der Waals surface area contributed by atoms with E-state index in [0.29, 0.717) is 22.3 Å². The third-order valence-electron chi connectivity index (χ3n) is 6.26. The maximum absolute atomic E-state index is 13.3. The number of aliphatic hydroxyl groups is 1. The topological polar surface area (TPSA) is 146 Å². The second-order valence-corrected chi connectivity index (χ2v) is 8.70. The number of nitrogens with two attached hydrogens (primary N) is 1. The number of benzene rings is 2. The Morgan fingerprint density at radius 1 is 1.10 bits per heavy atom. The lowest BCUT2D eigenvalue weighted by atomic mass is 10.1. The molecular weight excluding hydrogens is 533 g/mol. The molecule has 3 aromatic heterocycles. The van der Waals surface area contributed by atoms with E-state index < -0.39 is 30.4 Å². The van der Waals surface area contributed by atoms with Gasteiger partial charge in [0.25, 0.3) is 5.91 Å². The zero-order valence-electron chi connectivity index (χ0n) is 21.2. The van der Waals surface area contributed by atoms with Crippen LogP contribution in [0.5, 0.6) is 11.5 Å². The minimum Gasteiger partial charge on any atom is -0.496 e. The molecule has 10 nitrogen and oxygen atoms in total. The fourth-order valence-electron chi connectivity index (χ4n) is 4.32. The summed E-state index contributed by atoms with van der Waals surface area (Å²) in [6.07, 6.45) is -3.18. The van der Waals surface area contributed by atoms with Crippen LogP contribution in [-0.2, 0) is 12.7 Å². The van der Waals surface area contributed by atoms with E-state index in [9.17, 15) is 23.1 Å². The van der Waals surface area contributed by atoms with Gasteiger partial charge in [-0.05, 0) is 36.4 Å². The number of methoxy groups -OCH3 is 2. The summed E-state index contributed by atoms with van der Waals surface area (Å²) in [5.41, 5.74) is 6.09. The first-order valence-corrected chi connectivity index (χ1v) is 11.9. The summed E-state index contributed by atoms with van der Waals surface area (Å²) in [4.78, 5) is 21.3. The number of fused-ring (bicyclic) bond motifs is 2. The molecule has 0 spiro atoms. The summed E-state index contributed by atoms with van der Waals surface area (Å²) >= 11 is 0. The zero-order chi connectivity index (χ0) is 28.6. The van der Waals surface area contributed by atoms with Crippen LogP contribution in [0.4, 0.5) is 13.2 Å². The van der Waals surface area contributed by atoms with Gasteiger partial charge in [0, 0.05) is 23.1 Å². The number of nitrogens with zero attached hydrogens (tertiary/aromatic N) is 2. The molecule has 0 radical (unpaired) electrons. The SMILES string of the molecule is COc1ccc(-c2nc(C(=O)NCc3coc4cccc(OC)c34)c([C@@H](N)CO)o2)c2ccc(C(F)(F)F)nc12. The number of carbonyl (C=O) groups excluding carboxylic acids is 1. The van der Waals surface area contributed by atoms with Crippen LogP contribution in [0.15, 0.2) is 57.6 Å². The zero-order valence-corrected chi connectivity index (χ0v) is 21.2. The maximum atomic E-state index is 13.3. The summed E-state index contributed by atoms with van der Waals surface area (Å²) in [7, 11) is 2.83. The van der Waals surface area contributed by atoms with Gasteiger partial charge in [-0.2, -0.15) is 13.2 Å².